The lowest BCUT2D eigenvalue weighted by molar-refractivity contribution is -0.193. The Morgan fingerprint density at radius 2 is 1.57 bits per heavy atom. The molecule has 2 aromatic heterocycles. The molecule has 0 aliphatic carbocycles. The highest BCUT2D eigenvalue weighted by molar-refractivity contribution is 7.94. The monoisotopic (exact) mass is 790 g/mol. The minimum atomic E-state index is -4.35. The molecule has 21 heteroatoms. The van der Waals surface area contributed by atoms with Crippen molar-refractivity contribution in [2.75, 3.05) is 55.3 Å². The number of halogens is 3. The van der Waals surface area contributed by atoms with E-state index in [1.807, 2.05) is 53.8 Å². The van der Waals surface area contributed by atoms with Crippen molar-refractivity contribution in [3.8, 4) is 11.4 Å². The molecule has 1 unspecified atom stereocenters. The molecule has 2 heterocycles. The fourth-order valence-corrected chi connectivity index (χ4v) is 3.95. The molecule has 0 aliphatic rings. The number of carboxylic acids is 1. The molecule has 0 aliphatic heterocycles. The average Bonchev–Trinajstić information content (AvgIpc) is 3.31. The van der Waals surface area contributed by atoms with Gasteiger partial charge in [0.05, 0.1) is 53.4 Å². The van der Waals surface area contributed by atoms with E-state index in [2.05, 4.69) is 49.5 Å². The van der Waals surface area contributed by atoms with Crippen molar-refractivity contribution < 1.29 is 33.4 Å². The van der Waals surface area contributed by atoms with Gasteiger partial charge in [-0.3, -0.25) is 10.1 Å². The van der Waals surface area contributed by atoms with Crippen LogP contribution < -0.4 is 31.3 Å². The first-order valence-corrected chi connectivity index (χ1v) is 20.0. The molecule has 1 atom stereocenters. The number of carbonyl (C=O) groups is 1. The Morgan fingerprint density at radius 3 is 1.96 bits per heavy atom. The molecule has 5 N–H and O–H groups in total. The van der Waals surface area contributed by atoms with Crippen LogP contribution in [0, 0.1) is 0 Å². The quantitative estimate of drug-likeness (QED) is 0.135. The molecular formula is C28H46Cl3N8O8PS. The maximum atomic E-state index is 12.1. The zero-order chi connectivity index (χ0) is 38.1. The first-order chi connectivity index (χ1) is 22.5. The van der Waals surface area contributed by atoms with Gasteiger partial charge in [0.2, 0.25) is 23.1 Å². The Kier molecular flexibility index (Phi) is 21.0. The smallest absolute Gasteiger partial charge is 0.442 e. The Morgan fingerprint density at radius 1 is 1.06 bits per heavy atom. The Labute approximate surface area is 304 Å². The second-order valence-electron chi connectivity index (χ2n) is 11.4. The van der Waals surface area contributed by atoms with Gasteiger partial charge in [-0.1, -0.05) is 44.0 Å². The number of aromatic nitrogens is 5. The van der Waals surface area contributed by atoms with Crippen LogP contribution in [0.15, 0.2) is 21.3 Å². The highest BCUT2D eigenvalue weighted by atomic mass is 35.5. The molecule has 0 fully saturated rings. The number of aliphatic carboxylic acids is 1. The van der Waals surface area contributed by atoms with E-state index in [4.69, 9.17) is 54.0 Å². The van der Waals surface area contributed by atoms with E-state index in [1.165, 1.54) is 6.07 Å². The predicted molar refractivity (Wildman–Crippen MR) is 195 cm³/mol. The minimum absolute atomic E-state index is 0.0642. The third-order valence-electron chi connectivity index (χ3n) is 4.65. The van der Waals surface area contributed by atoms with E-state index >= 15 is 0 Å². The molecule has 0 saturated heterocycles. The van der Waals surface area contributed by atoms with E-state index in [1.54, 1.807) is 6.07 Å². The van der Waals surface area contributed by atoms with Gasteiger partial charge in [-0.15, -0.1) is 5.10 Å². The summed E-state index contributed by atoms with van der Waals surface area (Å²) in [6, 6.07) is 3.11. The summed E-state index contributed by atoms with van der Waals surface area (Å²) >= 11 is 18.0. The molecule has 0 amide bonds. The van der Waals surface area contributed by atoms with E-state index in [-0.39, 0.29) is 21.8 Å². The average molecular weight is 792 g/mol. The molecule has 278 valence electrons. The zero-order valence-corrected chi connectivity index (χ0v) is 33.1. The molecule has 16 nitrogen and oxygen atoms in total. The maximum Gasteiger partial charge on any atom is 0.442 e. The van der Waals surface area contributed by atoms with Crippen LogP contribution in [0.4, 0.5) is 11.9 Å². The summed E-state index contributed by atoms with van der Waals surface area (Å²) in [5.74, 6) is -0.0203. The number of nitrogens with zero attached hydrogens (tertiary/aromatic N) is 5. The van der Waals surface area contributed by atoms with Crippen LogP contribution in [0.25, 0.3) is 5.69 Å². The second-order valence-corrected chi connectivity index (χ2v) is 16.6. The van der Waals surface area contributed by atoms with E-state index in [0.717, 1.165) is 17.8 Å². The van der Waals surface area contributed by atoms with Crippen LogP contribution in [0.2, 0.25) is 15.3 Å². The molecule has 3 rings (SSSR count). The van der Waals surface area contributed by atoms with Gasteiger partial charge in [0, 0.05) is 24.6 Å². The van der Waals surface area contributed by atoms with Crippen LogP contribution in [-0.2, 0) is 25.7 Å². The lowest BCUT2D eigenvalue weighted by Crippen LogP contribution is -2.25. The number of hydrogen-bond acceptors (Lipinski definition) is 13. The van der Waals surface area contributed by atoms with E-state index in [9.17, 15) is 19.0 Å². The number of carboxylic acid groups (broad SMARTS) is 1. The van der Waals surface area contributed by atoms with E-state index < -0.39 is 32.2 Å². The Bertz CT molecular complexity index is 1540. The van der Waals surface area contributed by atoms with E-state index in [0.29, 0.717) is 45.1 Å². The number of anilines is 2. The number of ether oxygens (including phenoxy) is 1. The third kappa shape index (κ3) is 20.6. The predicted octanol–water partition coefficient (Wildman–Crippen LogP) is 4.26. The molecule has 49 heavy (non-hydrogen) atoms. The van der Waals surface area contributed by atoms with Gasteiger partial charge in [0.25, 0.3) is 0 Å². The molecule has 3 aromatic rings. The van der Waals surface area contributed by atoms with Crippen molar-refractivity contribution in [2.45, 2.75) is 60.0 Å². The van der Waals surface area contributed by atoms with Gasteiger partial charge in [0.15, 0.2) is 0 Å². The van der Waals surface area contributed by atoms with Crippen LogP contribution in [-0.4, -0.2) is 91.5 Å². The molecule has 0 spiro atoms. The second kappa shape index (κ2) is 22.2. The first kappa shape index (κ1) is 46.4. The Balaban J connectivity index is 0.000000725. The van der Waals surface area contributed by atoms with Crippen molar-refractivity contribution in [3.05, 3.63) is 43.9 Å². The van der Waals surface area contributed by atoms with Gasteiger partial charge in [-0.2, -0.15) is 19.6 Å². The fourth-order valence-electron chi connectivity index (χ4n) is 2.89. The van der Waals surface area contributed by atoms with Crippen LogP contribution >= 0.6 is 42.4 Å². The SMILES string of the molecule is CC(C)Oc1cc(-n2nc(C(C)(C)C)oc2=O)c(Cl)cc1Cl.CCNc1nc(Cl)nc(NCC)n1.C[S+](C)C.O=C(O)CNCP(=O)([O-])O. The minimum Gasteiger partial charge on any atom is -0.778 e. The summed E-state index contributed by atoms with van der Waals surface area (Å²) in [7, 11) is -3.71. The number of nitrogens with one attached hydrogen (secondary N) is 3. The largest absolute Gasteiger partial charge is 0.778 e. The Hall–Kier alpha value is -2.63. The summed E-state index contributed by atoms with van der Waals surface area (Å²) < 4.78 is 21.9. The van der Waals surface area contributed by atoms with Crippen LogP contribution in [0.5, 0.6) is 5.75 Å². The highest BCUT2D eigenvalue weighted by Crippen LogP contribution is 2.33. The molecule has 1 aromatic carbocycles. The van der Waals surface area contributed by atoms with Crippen LogP contribution in [0.1, 0.15) is 54.4 Å². The number of rotatable bonds is 11. The van der Waals surface area contributed by atoms with Gasteiger partial charge >= 0.3 is 11.7 Å². The lowest BCUT2D eigenvalue weighted by Gasteiger charge is -2.14. The number of benzene rings is 1. The van der Waals surface area contributed by atoms with Gasteiger partial charge in [-0.25, -0.2) is 4.79 Å². The fraction of sp³-hybridized carbons (Fsp3) is 0.571. The molecule has 0 saturated carbocycles. The number of hydrogen-bond donors (Lipinski definition) is 5. The van der Waals surface area contributed by atoms with Crippen LogP contribution in [0.3, 0.4) is 0 Å². The summed E-state index contributed by atoms with van der Waals surface area (Å²) in [6.45, 7) is 14.4. The lowest BCUT2D eigenvalue weighted by atomic mass is 9.97. The zero-order valence-electron chi connectivity index (χ0n) is 29.1. The normalized spacial score (nSPS) is 12.0. The van der Waals surface area contributed by atoms with Gasteiger partial charge in [-0.05, 0) is 56.3 Å². The standard InChI is InChI=1S/C15H18Cl2N2O3.C7H12ClN5.C3H8NO5P.C3H9S/c1-8(2)21-12-7-11(9(16)6-10(12)17)19-14(20)22-13(18-19)15(3,4)5;1-3-9-6-11-5(8)12-7(13-6)10-4-2;5-3(6)1-4-2-10(7,8)9;1-4(2)3/h6-8H,1-5H3;3-4H2,1-2H3,(H2,9,10,11,12,13);4H,1-2H2,(H,5,6)(H2,7,8,9);1-3H3/q;;;+1/p-1. The molecule has 0 radical (unpaired) electrons. The third-order valence-corrected chi connectivity index (χ3v) is 6.04. The van der Waals surface area contributed by atoms with Gasteiger partial charge in [0.1, 0.15) is 13.3 Å². The maximum absolute atomic E-state index is 12.1. The topological polar surface area (TPSA) is 230 Å². The molecule has 0 bridgehead atoms. The molecular weight excluding hydrogens is 746 g/mol. The summed E-state index contributed by atoms with van der Waals surface area (Å²) in [5.41, 5.74) is -0.0217. The van der Waals surface area contributed by atoms with Crippen molar-refractivity contribution in [3.63, 3.8) is 0 Å². The summed E-state index contributed by atoms with van der Waals surface area (Å²) in [5, 5.41) is 21.0. The van der Waals surface area contributed by atoms with Crippen molar-refractivity contribution in [2.24, 2.45) is 0 Å². The van der Waals surface area contributed by atoms with Crippen molar-refractivity contribution >= 4 is 71.2 Å². The van der Waals surface area contributed by atoms with Crippen molar-refractivity contribution in [1.82, 2.24) is 30.0 Å². The summed E-state index contributed by atoms with van der Waals surface area (Å²) in [4.78, 5) is 51.7. The van der Waals surface area contributed by atoms with Gasteiger partial charge < -0.3 is 39.2 Å². The highest BCUT2D eigenvalue weighted by Gasteiger charge is 2.24. The first-order valence-electron chi connectivity index (χ1n) is 14.6. The summed E-state index contributed by atoms with van der Waals surface area (Å²) in [6.07, 6.45) is 5.81. The van der Waals surface area contributed by atoms with Crippen molar-refractivity contribution in [1.29, 1.82) is 0 Å².